The Hall–Kier alpha value is -6.38. The average Bonchev–Trinajstić information content (AvgIpc) is 1.79. The summed E-state index contributed by atoms with van der Waals surface area (Å²) in [5.74, 6) is -7.68. The maximum absolute atomic E-state index is 14.1. The molecule has 4 aromatic rings. The van der Waals surface area contributed by atoms with E-state index in [1.54, 1.807) is 0 Å². The number of nitriles is 2. The molecule has 4 bridgehead atoms. The van der Waals surface area contributed by atoms with E-state index in [-0.39, 0.29) is 75.1 Å². The Balaban J connectivity index is 0.000000198. The second-order valence-electron chi connectivity index (χ2n) is 23.1. The van der Waals surface area contributed by atoms with Crippen molar-refractivity contribution in [3.05, 3.63) is 130 Å². The normalized spacial score (nSPS) is 29.4. The van der Waals surface area contributed by atoms with Gasteiger partial charge in [0, 0.05) is 32.5 Å². The minimum atomic E-state index is -4.88. The van der Waals surface area contributed by atoms with E-state index in [1.165, 1.54) is 12.1 Å². The lowest BCUT2D eigenvalue weighted by Crippen LogP contribution is -2.54. The monoisotopic (exact) mass is 1150 g/mol. The fourth-order valence-corrected chi connectivity index (χ4v) is 13.6. The summed E-state index contributed by atoms with van der Waals surface area (Å²) < 4.78 is 113. The van der Waals surface area contributed by atoms with Gasteiger partial charge in [-0.15, -0.1) is 0 Å². The molecule has 10 rings (SSSR count). The van der Waals surface area contributed by atoms with Gasteiger partial charge < -0.3 is 38.7 Å². The molecule has 23 heteroatoms. The molecule has 6 aliphatic heterocycles. The number of hydrogen-bond donors (Lipinski definition) is 3. The van der Waals surface area contributed by atoms with Crippen LogP contribution in [0.15, 0.2) is 97.1 Å². The van der Waals surface area contributed by atoms with E-state index in [0.29, 0.717) is 17.0 Å². The summed E-state index contributed by atoms with van der Waals surface area (Å²) in [6.07, 6.45) is -12.1. The summed E-state index contributed by atoms with van der Waals surface area (Å²) in [7, 11) is -2.20. The van der Waals surface area contributed by atoms with Gasteiger partial charge in [-0.1, -0.05) is 81.4 Å². The molecule has 6 heterocycles. The maximum Gasteiger partial charge on any atom is 0.417 e. The lowest BCUT2D eigenvalue weighted by Gasteiger charge is -2.38. The molecule has 4 aromatic carbocycles. The van der Waals surface area contributed by atoms with Gasteiger partial charge in [0.2, 0.25) is 23.6 Å². The second kappa shape index (κ2) is 21.4. The summed E-state index contributed by atoms with van der Waals surface area (Å²) in [4.78, 5) is 56.9. The van der Waals surface area contributed by atoms with Gasteiger partial charge in [0.15, 0.2) is 8.32 Å². The minimum Gasteiger partial charge on any atom is -0.417 e. The van der Waals surface area contributed by atoms with Gasteiger partial charge in [-0.2, -0.15) is 36.9 Å². The number of alkyl halides is 6. The number of carbonyl (C=O) groups excluding carboxylic acids is 4. The molecule has 0 spiro atoms. The van der Waals surface area contributed by atoms with Gasteiger partial charge in [-0.3, -0.25) is 19.2 Å². The van der Waals surface area contributed by atoms with Gasteiger partial charge >= 0.3 is 12.4 Å². The molecule has 6 fully saturated rings. The average molecular weight is 1150 g/mol. The number of amides is 4. The first-order chi connectivity index (χ1) is 38.0. The van der Waals surface area contributed by atoms with Crippen molar-refractivity contribution < 1.29 is 84.2 Å². The van der Waals surface area contributed by atoms with Crippen LogP contribution in [0.5, 0.6) is 0 Å². The number of nitrogens with zero attached hydrogens (tertiary/aromatic N) is 4. The van der Waals surface area contributed by atoms with Crippen molar-refractivity contribution in [2.45, 2.75) is 125 Å². The number of halogens is 6. The molecule has 6 aliphatic rings. The molecule has 0 aliphatic carbocycles. The number of aliphatic hydroxyl groups is 3. The smallest absolute Gasteiger partial charge is 0.417 e. The van der Waals surface area contributed by atoms with E-state index < -0.39 is 131 Å². The number of benzene rings is 4. The van der Waals surface area contributed by atoms with Crippen LogP contribution < -0.4 is 9.80 Å². The molecule has 16 nitrogen and oxygen atoms in total. The second-order valence-corrected chi connectivity index (χ2v) is 27.9. The zero-order valence-corrected chi connectivity index (χ0v) is 45.8. The molecular formula is C58H60F6N4O12Si. The summed E-state index contributed by atoms with van der Waals surface area (Å²) in [6, 6.07) is 26.8. The molecule has 4 amide bonds. The predicted octanol–water partition coefficient (Wildman–Crippen LogP) is 8.14. The summed E-state index contributed by atoms with van der Waals surface area (Å²) >= 11 is 0. The lowest BCUT2D eigenvalue weighted by molar-refractivity contribution is -0.152. The fraction of sp³-hybridized carbons (Fsp3) is 0.483. The summed E-state index contributed by atoms with van der Waals surface area (Å²) in [5.41, 5.74) is -8.56. The van der Waals surface area contributed by atoms with Crippen LogP contribution in [0.1, 0.15) is 79.8 Å². The largest absolute Gasteiger partial charge is 0.417 e. The minimum absolute atomic E-state index is 0.0394. The van der Waals surface area contributed by atoms with Gasteiger partial charge in [0.05, 0.1) is 114 Å². The first-order valence-electron chi connectivity index (χ1n) is 26.3. The van der Waals surface area contributed by atoms with E-state index in [1.807, 2.05) is 60.7 Å². The van der Waals surface area contributed by atoms with E-state index in [0.717, 1.165) is 40.3 Å². The molecule has 0 radical (unpaired) electrons. The van der Waals surface area contributed by atoms with Crippen molar-refractivity contribution in [2.24, 2.45) is 23.7 Å². The predicted molar refractivity (Wildman–Crippen MR) is 277 cm³/mol. The molecule has 0 aromatic heterocycles. The first-order valence-corrected chi connectivity index (χ1v) is 29.2. The highest BCUT2D eigenvalue weighted by Gasteiger charge is 2.80. The Labute approximate surface area is 463 Å². The fourth-order valence-electron chi connectivity index (χ4n) is 12.6. The van der Waals surface area contributed by atoms with Crippen LogP contribution in [-0.4, -0.2) is 108 Å². The highest BCUT2D eigenvalue weighted by Crippen LogP contribution is 2.64. The summed E-state index contributed by atoms with van der Waals surface area (Å²) in [6.45, 7) is 10.2. The number of imide groups is 2. The quantitative estimate of drug-likeness (QED) is 0.0547. The topological polar surface area (TPSA) is 229 Å². The Kier molecular flexibility index (Phi) is 15.7. The molecule has 81 heavy (non-hydrogen) atoms. The number of fused-ring (bicyclic) bond motifs is 10. The molecule has 0 saturated carbocycles. The van der Waals surface area contributed by atoms with Gasteiger partial charge in [-0.05, 0) is 72.1 Å². The van der Waals surface area contributed by atoms with Gasteiger partial charge in [-0.25, -0.2) is 9.80 Å². The highest BCUT2D eigenvalue weighted by atomic mass is 28.4. The van der Waals surface area contributed by atoms with Crippen molar-refractivity contribution in [3.8, 4) is 12.1 Å². The van der Waals surface area contributed by atoms with Crippen LogP contribution in [-0.2, 0) is 68.1 Å². The highest BCUT2D eigenvalue weighted by molar-refractivity contribution is 6.74. The SMILES string of the molecule is CC(C)(C)[Si](C)(C)OCC[C@@]12C[C@@H](O)[C@@](COCc3ccccc3)(O1)[C@H]1C(=O)N(c3ccc(C#N)c(C(F)(F)F)c3)C(=O)[C@H]12.N#Cc1ccc(N2C(=O)[C@@H]3[C@H](C2=O)[C@@]2(COCc4ccccc4)C[C@H](O)[C@]3(CCO)O2)cc1C(F)(F)F. The number of carbonyl (C=O) groups is 4. The van der Waals surface area contributed by atoms with Crippen LogP contribution in [0, 0.1) is 46.3 Å². The van der Waals surface area contributed by atoms with Crippen LogP contribution >= 0.6 is 0 Å². The Morgan fingerprint density at radius 3 is 1.49 bits per heavy atom. The van der Waals surface area contributed by atoms with Crippen molar-refractivity contribution in [1.29, 1.82) is 10.5 Å². The van der Waals surface area contributed by atoms with E-state index in [4.69, 9.17) is 28.6 Å². The standard InChI is InChI=1S/C32H37F3N2O6Si.C26H23F3N2O6/c1-29(2,3)44(4,5)42-14-13-30-16-24(38)31(43-30,19-41-18-20-9-7-6-8-10-20)26-25(30)27(39)37(28(26)40)22-12-11-21(17-36)23(15-22)32(33,34)35;27-26(28,29)18-10-17(7-6-16(18)12-30)31-22(34)20-21(23(31)35)25(8-9-32)19(33)11-24(20,37-25)14-36-13-15-4-2-1-3-5-15/h6-12,15,24-26,38H,13-14,16,18-19H2,1-5H3;1-7,10,19-21,32-33H,8-9,11,13-14H2/t24-,25+,26-,30+,31-;19-,20+,21-,24-,25-/m10/s1. The van der Waals surface area contributed by atoms with Crippen molar-refractivity contribution in [1.82, 2.24) is 0 Å². The molecule has 6 saturated heterocycles. The third-order valence-corrected chi connectivity index (χ3v) is 21.9. The first kappa shape index (κ1) is 59.2. The van der Waals surface area contributed by atoms with Crippen molar-refractivity contribution in [2.75, 3.05) is 36.2 Å². The van der Waals surface area contributed by atoms with E-state index in [2.05, 4.69) is 33.9 Å². The zero-order chi connectivity index (χ0) is 58.9. The number of ether oxygens (including phenoxy) is 4. The zero-order valence-electron chi connectivity index (χ0n) is 44.8. The molecular weight excluding hydrogens is 1090 g/mol. The Morgan fingerprint density at radius 2 is 1.04 bits per heavy atom. The van der Waals surface area contributed by atoms with Crippen LogP contribution in [0.3, 0.4) is 0 Å². The Morgan fingerprint density at radius 1 is 0.617 bits per heavy atom. The van der Waals surface area contributed by atoms with Gasteiger partial charge in [0.25, 0.3) is 0 Å². The van der Waals surface area contributed by atoms with Crippen LogP contribution in [0.2, 0.25) is 18.1 Å². The maximum atomic E-state index is 14.1. The third kappa shape index (κ3) is 10.2. The summed E-state index contributed by atoms with van der Waals surface area (Å²) in [5, 5.41) is 50.4. The van der Waals surface area contributed by atoms with E-state index in [9.17, 15) is 66.1 Å². The molecule has 430 valence electrons. The van der Waals surface area contributed by atoms with Crippen LogP contribution in [0.25, 0.3) is 0 Å². The Bertz CT molecular complexity index is 3190. The number of anilines is 2. The molecule has 3 N–H and O–H groups in total. The number of rotatable bonds is 16. The number of hydrogen-bond acceptors (Lipinski definition) is 14. The van der Waals surface area contributed by atoms with Crippen molar-refractivity contribution >= 4 is 43.3 Å². The lowest BCUT2D eigenvalue weighted by atomic mass is 9.65. The van der Waals surface area contributed by atoms with Crippen LogP contribution in [0.4, 0.5) is 37.7 Å². The van der Waals surface area contributed by atoms with E-state index >= 15 is 0 Å². The van der Waals surface area contributed by atoms with Crippen molar-refractivity contribution in [3.63, 3.8) is 0 Å². The van der Waals surface area contributed by atoms with Gasteiger partial charge in [0.1, 0.15) is 16.8 Å². The molecule has 0 unspecified atom stereocenters. The third-order valence-electron chi connectivity index (χ3n) is 17.4. The number of aliphatic hydroxyl groups excluding tert-OH is 3. The molecule has 10 atom stereocenters.